The monoisotopic (exact) mass is 535 g/mol. The second-order valence-electron chi connectivity index (χ2n) is 7.16. The maximum atomic E-state index is 13.2. The van der Waals surface area contributed by atoms with E-state index in [1.54, 1.807) is 19.2 Å². The Morgan fingerprint density at radius 3 is 2.53 bits per heavy atom. The second-order valence-corrected chi connectivity index (χ2v) is 7.16. The second kappa shape index (κ2) is 14.5. The molecule has 1 amide bonds. The van der Waals surface area contributed by atoms with Crippen LogP contribution in [0.15, 0.2) is 29.3 Å². The molecular formula is C21H35FIN5O2. The molecule has 3 N–H and O–H groups in total. The molecule has 1 aliphatic heterocycles. The fourth-order valence-electron chi connectivity index (χ4n) is 3.69. The van der Waals surface area contributed by atoms with Crippen LogP contribution in [0.2, 0.25) is 0 Å². The van der Waals surface area contributed by atoms with Gasteiger partial charge in [-0.05, 0) is 24.1 Å². The Balaban J connectivity index is 0.00000450. The summed E-state index contributed by atoms with van der Waals surface area (Å²) in [5, 5.41) is 9.06. The van der Waals surface area contributed by atoms with Gasteiger partial charge in [0.15, 0.2) is 5.96 Å². The number of ether oxygens (including phenoxy) is 1. The van der Waals surface area contributed by atoms with Crippen molar-refractivity contribution in [1.29, 1.82) is 0 Å². The first-order valence-electron chi connectivity index (χ1n) is 10.4. The Morgan fingerprint density at radius 2 is 1.93 bits per heavy atom. The Labute approximate surface area is 196 Å². The van der Waals surface area contributed by atoms with Gasteiger partial charge >= 0.3 is 0 Å². The van der Waals surface area contributed by atoms with Gasteiger partial charge in [-0.3, -0.25) is 14.7 Å². The average molecular weight is 535 g/mol. The minimum atomic E-state index is -0.385. The predicted molar refractivity (Wildman–Crippen MR) is 130 cm³/mol. The predicted octanol–water partition coefficient (Wildman–Crippen LogP) is 2.68. The van der Waals surface area contributed by atoms with Gasteiger partial charge in [-0.1, -0.05) is 32.8 Å². The van der Waals surface area contributed by atoms with E-state index in [4.69, 9.17) is 4.74 Å². The highest BCUT2D eigenvalue weighted by molar-refractivity contribution is 14.0. The van der Waals surface area contributed by atoms with Crippen LogP contribution in [0, 0.1) is 11.7 Å². The highest BCUT2D eigenvalue weighted by Crippen LogP contribution is 2.19. The highest BCUT2D eigenvalue weighted by atomic mass is 127. The van der Waals surface area contributed by atoms with Crippen molar-refractivity contribution in [2.75, 3.05) is 51.8 Å². The van der Waals surface area contributed by atoms with Gasteiger partial charge in [0.2, 0.25) is 5.91 Å². The highest BCUT2D eigenvalue weighted by Gasteiger charge is 2.27. The van der Waals surface area contributed by atoms with Gasteiger partial charge in [0.1, 0.15) is 5.82 Å². The lowest BCUT2D eigenvalue weighted by molar-refractivity contribution is -0.115. The van der Waals surface area contributed by atoms with Crippen LogP contribution < -0.4 is 16.0 Å². The van der Waals surface area contributed by atoms with Crippen molar-refractivity contribution in [2.45, 2.75) is 32.7 Å². The molecule has 1 unspecified atom stereocenters. The molecule has 0 radical (unpaired) electrons. The summed E-state index contributed by atoms with van der Waals surface area (Å²) in [6, 6.07) is 6.21. The van der Waals surface area contributed by atoms with Gasteiger partial charge in [-0.25, -0.2) is 4.39 Å². The average Bonchev–Trinajstić information content (AvgIpc) is 2.73. The third-order valence-electron chi connectivity index (χ3n) is 5.33. The van der Waals surface area contributed by atoms with E-state index in [2.05, 4.69) is 39.7 Å². The van der Waals surface area contributed by atoms with Crippen molar-refractivity contribution in [3.63, 3.8) is 0 Å². The fourth-order valence-corrected chi connectivity index (χ4v) is 3.69. The Kier molecular flexibility index (Phi) is 12.9. The van der Waals surface area contributed by atoms with Crippen molar-refractivity contribution in [2.24, 2.45) is 10.9 Å². The van der Waals surface area contributed by atoms with E-state index in [1.165, 1.54) is 12.1 Å². The molecule has 2 rings (SSSR count). The van der Waals surface area contributed by atoms with E-state index in [0.29, 0.717) is 23.6 Å². The zero-order chi connectivity index (χ0) is 21.1. The van der Waals surface area contributed by atoms with E-state index in [-0.39, 0.29) is 42.2 Å². The number of amides is 1. The Bertz CT molecular complexity index is 667. The van der Waals surface area contributed by atoms with Gasteiger partial charge in [0, 0.05) is 38.4 Å². The van der Waals surface area contributed by atoms with Gasteiger partial charge in [-0.15, -0.1) is 24.0 Å². The van der Waals surface area contributed by atoms with Crippen molar-refractivity contribution >= 4 is 41.5 Å². The third kappa shape index (κ3) is 8.73. The molecule has 7 nitrogen and oxygen atoms in total. The summed E-state index contributed by atoms with van der Waals surface area (Å²) in [5.74, 6) is 0.505. The number of benzene rings is 1. The SMILES string of the molecule is CCC(CC)C(CNC(=NC)NCC(=O)Nc1cccc(F)c1)N1CCOCC1.I. The number of carbonyl (C=O) groups is 1. The minimum Gasteiger partial charge on any atom is -0.379 e. The van der Waals surface area contributed by atoms with Crippen LogP contribution in [-0.2, 0) is 9.53 Å². The standard InChI is InChI=1S/C21H34FN5O2.HI/c1-4-16(5-2)19(27-9-11-29-12-10-27)14-24-21(23-3)25-15-20(28)26-18-8-6-7-17(22)13-18;/h6-8,13,16,19H,4-5,9-12,14-15H2,1-3H3,(H,26,28)(H2,23,24,25);1H. The van der Waals surface area contributed by atoms with Crippen molar-refractivity contribution in [3.05, 3.63) is 30.1 Å². The molecule has 1 saturated heterocycles. The molecule has 0 aliphatic carbocycles. The first-order chi connectivity index (χ1) is 14.1. The molecular weight excluding hydrogens is 500 g/mol. The molecule has 30 heavy (non-hydrogen) atoms. The lowest BCUT2D eigenvalue weighted by Crippen LogP contribution is -2.53. The molecule has 1 atom stereocenters. The number of hydrogen-bond donors (Lipinski definition) is 3. The van der Waals surface area contributed by atoms with Crippen LogP contribution in [0.25, 0.3) is 0 Å². The fraction of sp³-hybridized carbons (Fsp3) is 0.619. The normalized spacial score (nSPS) is 16.0. The summed E-state index contributed by atoms with van der Waals surface area (Å²) in [7, 11) is 1.68. The van der Waals surface area contributed by atoms with Crippen LogP contribution in [0.4, 0.5) is 10.1 Å². The molecule has 1 aromatic carbocycles. The molecule has 1 aliphatic rings. The molecule has 0 saturated carbocycles. The van der Waals surface area contributed by atoms with E-state index in [1.807, 2.05) is 0 Å². The van der Waals surface area contributed by atoms with E-state index in [0.717, 1.165) is 45.7 Å². The van der Waals surface area contributed by atoms with Crippen LogP contribution in [0.3, 0.4) is 0 Å². The molecule has 0 aromatic heterocycles. The first-order valence-corrected chi connectivity index (χ1v) is 10.4. The number of nitrogens with one attached hydrogen (secondary N) is 3. The molecule has 0 bridgehead atoms. The summed E-state index contributed by atoms with van der Waals surface area (Å²) in [6.07, 6.45) is 2.23. The maximum Gasteiger partial charge on any atom is 0.243 e. The Morgan fingerprint density at radius 1 is 1.23 bits per heavy atom. The number of rotatable bonds is 9. The number of hydrogen-bond acceptors (Lipinski definition) is 4. The first kappa shape index (κ1) is 26.6. The lowest BCUT2D eigenvalue weighted by Gasteiger charge is -2.39. The molecule has 0 spiro atoms. The number of nitrogens with zero attached hydrogens (tertiary/aromatic N) is 2. The third-order valence-corrected chi connectivity index (χ3v) is 5.33. The number of carbonyl (C=O) groups excluding carboxylic acids is 1. The maximum absolute atomic E-state index is 13.2. The summed E-state index contributed by atoms with van der Waals surface area (Å²) in [6.45, 7) is 8.65. The summed E-state index contributed by atoms with van der Waals surface area (Å²) in [5.41, 5.74) is 0.431. The molecule has 1 fully saturated rings. The topological polar surface area (TPSA) is 78.0 Å². The summed E-state index contributed by atoms with van der Waals surface area (Å²) in [4.78, 5) is 18.8. The van der Waals surface area contributed by atoms with Gasteiger partial charge in [0.05, 0.1) is 19.8 Å². The van der Waals surface area contributed by atoms with Crippen LogP contribution >= 0.6 is 24.0 Å². The zero-order valence-corrected chi connectivity index (χ0v) is 20.4. The molecule has 170 valence electrons. The van der Waals surface area contributed by atoms with E-state index >= 15 is 0 Å². The molecule has 1 heterocycles. The van der Waals surface area contributed by atoms with Crippen LogP contribution in [0.5, 0.6) is 0 Å². The van der Waals surface area contributed by atoms with Gasteiger partial charge in [0.25, 0.3) is 0 Å². The molecule has 1 aromatic rings. The van der Waals surface area contributed by atoms with Crippen LogP contribution in [-0.4, -0.2) is 69.2 Å². The number of aliphatic imine (C=N–C) groups is 1. The van der Waals surface area contributed by atoms with E-state index < -0.39 is 0 Å². The smallest absolute Gasteiger partial charge is 0.243 e. The number of guanidine groups is 1. The summed E-state index contributed by atoms with van der Waals surface area (Å²) < 4.78 is 18.7. The quantitative estimate of drug-likeness (QED) is 0.258. The number of anilines is 1. The number of morpholine rings is 1. The minimum absolute atomic E-state index is 0. The zero-order valence-electron chi connectivity index (χ0n) is 18.1. The lowest BCUT2D eigenvalue weighted by atomic mass is 9.92. The van der Waals surface area contributed by atoms with Crippen molar-refractivity contribution in [3.8, 4) is 0 Å². The van der Waals surface area contributed by atoms with Gasteiger partial charge < -0.3 is 20.7 Å². The summed E-state index contributed by atoms with van der Waals surface area (Å²) >= 11 is 0. The van der Waals surface area contributed by atoms with E-state index in [9.17, 15) is 9.18 Å². The van der Waals surface area contributed by atoms with Crippen molar-refractivity contribution in [1.82, 2.24) is 15.5 Å². The van der Waals surface area contributed by atoms with Crippen molar-refractivity contribution < 1.29 is 13.9 Å². The largest absolute Gasteiger partial charge is 0.379 e. The van der Waals surface area contributed by atoms with Crippen LogP contribution in [0.1, 0.15) is 26.7 Å². The Hall–Kier alpha value is -1.46. The molecule has 9 heteroatoms. The number of halogens is 2. The van der Waals surface area contributed by atoms with Gasteiger partial charge in [-0.2, -0.15) is 0 Å².